The van der Waals surface area contributed by atoms with E-state index < -0.39 is 5.91 Å². The van der Waals surface area contributed by atoms with Crippen LogP contribution in [0, 0.1) is 0 Å². The lowest BCUT2D eigenvalue weighted by molar-refractivity contribution is 0.0952. The van der Waals surface area contributed by atoms with Gasteiger partial charge in [0.05, 0.1) is 26.0 Å². The molecule has 0 fully saturated rings. The number of ether oxygens (including phenoxy) is 2. The molecule has 0 aliphatic heterocycles. The zero-order chi connectivity index (χ0) is 16.8. The Hall–Kier alpha value is -2.54. The Balaban J connectivity index is 2.09. The Kier molecular flexibility index (Phi) is 5.59. The zero-order valence-corrected chi connectivity index (χ0v) is 14.1. The average molecular weight is 379 g/mol. The summed E-state index contributed by atoms with van der Waals surface area (Å²) in [7, 11) is 3.09. The van der Waals surface area contributed by atoms with Crippen LogP contribution in [0.2, 0.25) is 0 Å². The SMILES string of the molecule is COc1ccc(/C=N\NC(=O)c2cc(Br)ccc2O)cc1OC. The number of hydrazone groups is 1. The second-order valence-corrected chi connectivity index (χ2v) is 5.39. The van der Waals surface area contributed by atoms with Crippen molar-refractivity contribution in [1.82, 2.24) is 5.43 Å². The number of hydrogen-bond donors (Lipinski definition) is 2. The lowest BCUT2D eigenvalue weighted by Gasteiger charge is -2.07. The number of nitrogens with zero attached hydrogens (tertiary/aromatic N) is 1. The van der Waals surface area contributed by atoms with Crippen molar-refractivity contribution in [1.29, 1.82) is 0 Å². The molecule has 23 heavy (non-hydrogen) atoms. The van der Waals surface area contributed by atoms with Gasteiger partial charge in [0.2, 0.25) is 0 Å². The number of halogens is 1. The molecule has 0 saturated heterocycles. The first-order valence-corrected chi connectivity index (χ1v) is 7.38. The van der Waals surface area contributed by atoms with Gasteiger partial charge in [-0.2, -0.15) is 5.10 Å². The summed E-state index contributed by atoms with van der Waals surface area (Å²) in [6.07, 6.45) is 1.47. The van der Waals surface area contributed by atoms with Crippen molar-refractivity contribution in [3.8, 4) is 17.2 Å². The first-order chi connectivity index (χ1) is 11.0. The van der Waals surface area contributed by atoms with Crippen LogP contribution in [-0.4, -0.2) is 31.4 Å². The zero-order valence-electron chi connectivity index (χ0n) is 12.5. The largest absolute Gasteiger partial charge is 0.507 e. The Morgan fingerprint density at radius 1 is 1.17 bits per heavy atom. The van der Waals surface area contributed by atoms with Crippen LogP contribution in [0.4, 0.5) is 0 Å². The number of benzene rings is 2. The number of phenols is 1. The third kappa shape index (κ3) is 4.23. The summed E-state index contributed by atoms with van der Waals surface area (Å²) in [4.78, 5) is 12.0. The van der Waals surface area contributed by atoms with E-state index in [0.717, 1.165) is 5.56 Å². The summed E-state index contributed by atoms with van der Waals surface area (Å²) in [6, 6.07) is 9.81. The van der Waals surface area contributed by atoms with E-state index in [1.165, 1.54) is 25.5 Å². The van der Waals surface area contributed by atoms with Gasteiger partial charge in [0.15, 0.2) is 11.5 Å². The Morgan fingerprint density at radius 2 is 1.91 bits per heavy atom. The Bertz CT molecular complexity index is 747. The second kappa shape index (κ2) is 7.64. The minimum Gasteiger partial charge on any atom is -0.507 e. The van der Waals surface area contributed by atoms with Crippen molar-refractivity contribution in [3.63, 3.8) is 0 Å². The maximum absolute atomic E-state index is 12.0. The molecule has 0 atom stereocenters. The van der Waals surface area contributed by atoms with E-state index in [0.29, 0.717) is 16.0 Å². The molecule has 0 aliphatic rings. The normalized spacial score (nSPS) is 10.6. The fourth-order valence-corrected chi connectivity index (χ4v) is 2.21. The van der Waals surface area contributed by atoms with Crippen molar-refractivity contribution < 1.29 is 19.4 Å². The van der Waals surface area contributed by atoms with E-state index in [2.05, 4.69) is 26.5 Å². The highest BCUT2D eigenvalue weighted by molar-refractivity contribution is 9.10. The molecule has 7 heteroatoms. The number of carbonyl (C=O) groups is 1. The number of phenolic OH excluding ortho intramolecular Hbond substituents is 1. The molecular weight excluding hydrogens is 364 g/mol. The first kappa shape index (κ1) is 16.8. The van der Waals surface area contributed by atoms with Gasteiger partial charge < -0.3 is 14.6 Å². The van der Waals surface area contributed by atoms with Crippen molar-refractivity contribution in [2.45, 2.75) is 0 Å². The van der Waals surface area contributed by atoms with E-state index in [4.69, 9.17) is 9.47 Å². The molecule has 6 nitrogen and oxygen atoms in total. The molecule has 0 spiro atoms. The average Bonchev–Trinajstić information content (AvgIpc) is 2.56. The number of hydrogen-bond acceptors (Lipinski definition) is 5. The third-order valence-corrected chi connectivity index (χ3v) is 3.48. The van der Waals surface area contributed by atoms with Crippen molar-refractivity contribution in [2.24, 2.45) is 5.10 Å². The molecule has 2 aromatic carbocycles. The number of methoxy groups -OCH3 is 2. The molecule has 0 bridgehead atoms. The molecule has 120 valence electrons. The van der Waals surface area contributed by atoms with Crippen molar-refractivity contribution in [2.75, 3.05) is 14.2 Å². The first-order valence-electron chi connectivity index (χ1n) is 6.59. The lowest BCUT2D eigenvalue weighted by atomic mass is 10.2. The molecule has 0 aliphatic carbocycles. The van der Waals surface area contributed by atoms with Crippen molar-refractivity contribution >= 4 is 28.1 Å². The summed E-state index contributed by atoms with van der Waals surface area (Å²) < 4.78 is 11.0. The summed E-state index contributed by atoms with van der Waals surface area (Å²) >= 11 is 3.24. The van der Waals surface area contributed by atoms with Gasteiger partial charge in [-0.3, -0.25) is 4.79 Å². The van der Waals surface area contributed by atoms with Crippen LogP contribution in [0.5, 0.6) is 17.2 Å². The summed E-state index contributed by atoms with van der Waals surface area (Å²) in [5.41, 5.74) is 3.21. The highest BCUT2D eigenvalue weighted by Gasteiger charge is 2.10. The smallest absolute Gasteiger partial charge is 0.275 e. The lowest BCUT2D eigenvalue weighted by Crippen LogP contribution is -2.17. The predicted octanol–water partition coefficient (Wildman–Crippen LogP) is 2.94. The van der Waals surface area contributed by atoms with Gasteiger partial charge in [-0.1, -0.05) is 15.9 Å². The van der Waals surface area contributed by atoms with Crippen LogP contribution in [0.1, 0.15) is 15.9 Å². The minimum absolute atomic E-state index is 0.119. The number of amides is 1. The van der Waals surface area contributed by atoms with E-state index in [9.17, 15) is 9.90 Å². The quantitative estimate of drug-likeness (QED) is 0.619. The molecule has 0 aromatic heterocycles. The summed E-state index contributed by atoms with van der Waals surface area (Å²) in [5.74, 6) is 0.535. The van der Waals surface area contributed by atoms with E-state index in [1.807, 2.05) is 0 Å². The fourth-order valence-electron chi connectivity index (χ4n) is 1.85. The summed E-state index contributed by atoms with van der Waals surface area (Å²) in [6.45, 7) is 0. The number of rotatable bonds is 5. The number of aromatic hydroxyl groups is 1. The van der Waals surface area contributed by atoms with E-state index >= 15 is 0 Å². The maximum atomic E-state index is 12.0. The van der Waals surface area contributed by atoms with Crippen LogP contribution < -0.4 is 14.9 Å². The molecule has 0 heterocycles. The monoisotopic (exact) mass is 378 g/mol. The van der Waals surface area contributed by atoms with E-state index in [1.54, 1.807) is 31.4 Å². The van der Waals surface area contributed by atoms with Crippen LogP contribution in [0.15, 0.2) is 46.0 Å². The minimum atomic E-state index is -0.513. The molecule has 0 saturated carbocycles. The number of carbonyl (C=O) groups excluding carboxylic acids is 1. The van der Waals surface area contributed by atoms with Gasteiger partial charge in [0, 0.05) is 4.47 Å². The van der Waals surface area contributed by atoms with Crippen LogP contribution in [-0.2, 0) is 0 Å². The Labute approximate surface area is 141 Å². The molecule has 1 amide bonds. The van der Waals surface area contributed by atoms with Gasteiger partial charge >= 0.3 is 0 Å². The molecule has 2 rings (SSSR count). The third-order valence-electron chi connectivity index (χ3n) is 2.99. The van der Waals surface area contributed by atoms with Crippen LogP contribution >= 0.6 is 15.9 Å². The van der Waals surface area contributed by atoms with Gasteiger partial charge in [-0.25, -0.2) is 5.43 Å². The Morgan fingerprint density at radius 3 is 2.61 bits per heavy atom. The molecular formula is C16H15BrN2O4. The number of nitrogens with one attached hydrogen (secondary N) is 1. The standard InChI is InChI=1S/C16H15BrN2O4/c1-22-14-6-3-10(7-15(14)23-2)9-18-19-16(21)12-8-11(17)4-5-13(12)20/h3-9,20H,1-2H3,(H,19,21)/b18-9-. The molecule has 2 N–H and O–H groups in total. The van der Waals surface area contributed by atoms with Crippen LogP contribution in [0.3, 0.4) is 0 Å². The highest BCUT2D eigenvalue weighted by Crippen LogP contribution is 2.26. The van der Waals surface area contributed by atoms with Gasteiger partial charge in [-0.15, -0.1) is 0 Å². The predicted molar refractivity (Wildman–Crippen MR) is 90.4 cm³/mol. The van der Waals surface area contributed by atoms with Gasteiger partial charge in [0.1, 0.15) is 5.75 Å². The van der Waals surface area contributed by atoms with Gasteiger partial charge in [-0.05, 0) is 42.0 Å². The van der Waals surface area contributed by atoms with Crippen molar-refractivity contribution in [3.05, 3.63) is 52.0 Å². The fraction of sp³-hybridized carbons (Fsp3) is 0.125. The van der Waals surface area contributed by atoms with Crippen LogP contribution in [0.25, 0.3) is 0 Å². The summed E-state index contributed by atoms with van der Waals surface area (Å²) in [5, 5.41) is 13.6. The molecule has 0 unspecified atom stereocenters. The second-order valence-electron chi connectivity index (χ2n) is 4.48. The van der Waals surface area contributed by atoms with E-state index in [-0.39, 0.29) is 11.3 Å². The van der Waals surface area contributed by atoms with Gasteiger partial charge in [0.25, 0.3) is 5.91 Å². The highest BCUT2D eigenvalue weighted by atomic mass is 79.9. The maximum Gasteiger partial charge on any atom is 0.275 e. The molecule has 0 radical (unpaired) electrons. The molecule has 2 aromatic rings. The topological polar surface area (TPSA) is 80.2 Å².